The van der Waals surface area contributed by atoms with Gasteiger partial charge in [-0.1, -0.05) is 37.5 Å². The van der Waals surface area contributed by atoms with Crippen LogP contribution in [0.25, 0.3) is 0 Å². The van der Waals surface area contributed by atoms with E-state index in [1.165, 1.54) is 19.3 Å². The zero-order valence-electron chi connectivity index (χ0n) is 14.6. The fraction of sp³-hybridized carbons (Fsp3) is 0.632. The quantitative estimate of drug-likeness (QED) is 0.679. The zero-order valence-corrected chi connectivity index (χ0v) is 14.6. The molecule has 0 aliphatic heterocycles. The second-order valence-corrected chi connectivity index (χ2v) is 6.41. The average Bonchev–Trinajstić information content (AvgIpc) is 2.61. The summed E-state index contributed by atoms with van der Waals surface area (Å²) in [4.78, 5) is 12.4. The van der Waals surface area contributed by atoms with E-state index in [1.54, 1.807) is 0 Å². The van der Waals surface area contributed by atoms with E-state index in [1.807, 2.05) is 31.2 Å². The highest BCUT2D eigenvalue weighted by Crippen LogP contribution is 2.28. The normalized spacial score (nSPS) is 16.6. The molecule has 1 saturated carbocycles. The van der Waals surface area contributed by atoms with Crippen molar-refractivity contribution in [3.8, 4) is 0 Å². The number of carbonyl (C=O) groups is 1. The fourth-order valence-corrected chi connectivity index (χ4v) is 3.41. The van der Waals surface area contributed by atoms with Crippen LogP contribution in [0.5, 0.6) is 0 Å². The van der Waals surface area contributed by atoms with Gasteiger partial charge in [-0.3, -0.25) is 0 Å². The van der Waals surface area contributed by atoms with Gasteiger partial charge in [-0.05, 0) is 38.2 Å². The number of para-hydroxylation sites is 1. The van der Waals surface area contributed by atoms with Gasteiger partial charge in [0.05, 0.1) is 6.61 Å². The van der Waals surface area contributed by atoms with E-state index >= 15 is 0 Å². The third kappa shape index (κ3) is 5.80. The minimum absolute atomic E-state index is 0.0364. The average molecular weight is 334 g/mol. The van der Waals surface area contributed by atoms with E-state index in [0.717, 1.165) is 24.1 Å². The van der Waals surface area contributed by atoms with Crippen molar-refractivity contribution in [2.24, 2.45) is 5.92 Å². The molecule has 134 valence electrons. The molecule has 5 nitrogen and oxygen atoms in total. The lowest BCUT2D eigenvalue weighted by Gasteiger charge is -2.30. The minimum atomic E-state index is -0.206. The highest BCUT2D eigenvalue weighted by molar-refractivity contribution is 5.90. The molecule has 1 atom stereocenters. The SMILES string of the molecule is CCOCc1ccccc1NC(=O)NC(CCO)C1CCCCC1. The Hall–Kier alpha value is -1.59. The molecule has 0 spiro atoms. The summed E-state index contributed by atoms with van der Waals surface area (Å²) in [5.74, 6) is 0.468. The van der Waals surface area contributed by atoms with Crippen LogP contribution in [0.4, 0.5) is 10.5 Å². The van der Waals surface area contributed by atoms with Gasteiger partial charge >= 0.3 is 6.03 Å². The Morgan fingerprint density at radius 1 is 1.29 bits per heavy atom. The fourth-order valence-electron chi connectivity index (χ4n) is 3.41. The molecule has 2 amide bonds. The molecule has 3 N–H and O–H groups in total. The molecule has 1 aliphatic carbocycles. The van der Waals surface area contributed by atoms with Gasteiger partial charge in [0, 0.05) is 30.5 Å². The van der Waals surface area contributed by atoms with Crippen molar-refractivity contribution in [2.75, 3.05) is 18.5 Å². The molecule has 0 aromatic heterocycles. The first-order valence-electron chi connectivity index (χ1n) is 9.08. The second-order valence-electron chi connectivity index (χ2n) is 6.41. The maximum atomic E-state index is 12.4. The second kappa shape index (κ2) is 10.3. The molecule has 0 radical (unpaired) electrons. The smallest absolute Gasteiger partial charge is 0.319 e. The number of rotatable bonds is 8. The summed E-state index contributed by atoms with van der Waals surface area (Å²) >= 11 is 0. The van der Waals surface area contributed by atoms with Gasteiger partial charge in [0.15, 0.2) is 0 Å². The van der Waals surface area contributed by atoms with Crippen LogP contribution >= 0.6 is 0 Å². The minimum Gasteiger partial charge on any atom is -0.396 e. The molecule has 24 heavy (non-hydrogen) atoms. The van der Waals surface area contributed by atoms with Gasteiger partial charge in [-0.2, -0.15) is 0 Å². The van der Waals surface area contributed by atoms with Crippen LogP contribution in [0, 0.1) is 5.92 Å². The number of anilines is 1. The van der Waals surface area contributed by atoms with E-state index in [-0.39, 0.29) is 18.7 Å². The van der Waals surface area contributed by atoms with Gasteiger partial charge in [-0.15, -0.1) is 0 Å². The highest BCUT2D eigenvalue weighted by Gasteiger charge is 2.24. The summed E-state index contributed by atoms with van der Waals surface area (Å²) in [6.07, 6.45) is 6.58. The first-order chi connectivity index (χ1) is 11.7. The number of urea groups is 1. The number of amides is 2. The molecule has 1 aromatic rings. The molecule has 1 aromatic carbocycles. The molecular formula is C19H30N2O3. The number of hydrogen-bond acceptors (Lipinski definition) is 3. The van der Waals surface area contributed by atoms with Crippen LogP contribution in [0.15, 0.2) is 24.3 Å². The van der Waals surface area contributed by atoms with Gasteiger partial charge in [0.25, 0.3) is 0 Å². The van der Waals surface area contributed by atoms with Crippen molar-refractivity contribution in [3.63, 3.8) is 0 Å². The number of aliphatic hydroxyl groups excluding tert-OH is 1. The Balaban J connectivity index is 1.95. The van der Waals surface area contributed by atoms with Crippen LogP contribution in [-0.2, 0) is 11.3 Å². The Morgan fingerprint density at radius 3 is 2.75 bits per heavy atom. The predicted octanol–water partition coefficient (Wildman–Crippen LogP) is 3.68. The molecule has 1 aliphatic rings. The summed E-state index contributed by atoms with van der Waals surface area (Å²) in [6.45, 7) is 3.17. The van der Waals surface area contributed by atoms with E-state index in [4.69, 9.17) is 4.74 Å². The number of nitrogens with one attached hydrogen (secondary N) is 2. The Labute approximate surface area is 144 Å². The molecule has 1 fully saturated rings. The molecule has 0 heterocycles. The van der Waals surface area contributed by atoms with Crippen LogP contribution < -0.4 is 10.6 Å². The summed E-state index contributed by atoms with van der Waals surface area (Å²) in [5, 5.41) is 15.3. The topological polar surface area (TPSA) is 70.6 Å². The molecular weight excluding hydrogens is 304 g/mol. The van der Waals surface area contributed by atoms with Crippen molar-refractivity contribution in [1.82, 2.24) is 5.32 Å². The maximum absolute atomic E-state index is 12.4. The van der Waals surface area contributed by atoms with E-state index in [0.29, 0.717) is 25.6 Å². The van der Waals surface area contributed by atoms with Crippen molar-refractivity contribution in [3.05, 3.63) is 29.8 Å². The number of ether oxygens (including phenoxy) is 1. The van der Waals surface area contributed by atoms with Crippen LogP contribution in [-0.4, -0.2) is 30.4 Å². The largest absolute Gasteiger partial charge is 0.396 e. The van der Waals surface area contributed by atoms with Crippen molar-refractivity contribution < 1.29 is 14.6 Å². The summed E-state index contributed by atoms with van der Waals surface area (Å²) in [7, 11) is 0. The number of hydrogen-bond donors (Lipinski definition) is 3. The first kappa shape index (κ1) is 18.7. The van der Waals surface area contributed by atoms with Gasteiger partial charge < -0.3 is 20.5 Å². The Morgan fingerprint density at radius 2 is 2.04 bits per heavy atom. The van der Waals surface area contributed by atoms with E-state index in [2.05, 4.69) is 10.6 Å². The molecule has 5 heteroatoms. The van der Waals surface area contributed by atoms with Crippen LogP contribution in [0.1, 0.15) is 51.0 Å². The third-order valence-electron chi connectivity index (χ3n) is 4.70. The standard InChI is InChI=1S/C19H30N2O3/c1-2-24-14-16-10-6-7-11-17(16)20-19(23)21-18(12-13-22)15-8-4-3-5-9-15/h6-7,10-11,15,18,22H,2-5,8-9,12-14H2,1H3,(H2,20,21,23). The molecule has 1 unspecified atom stereocenters. The zero-order chi connectivity index (χ0) is 17.2. The highest BCUT2D eigenvalue weighted by atomic mass is 16.5. The maximum Gasteiger partial charge on any atom is 0.319 e. The van der Waals surface area contributed by atoms with Gasteiger partial charge in [0.1, 0.15) is 0 Å². The third-order valence-corrected chi connectivity index (χ3v) is 4.70. The summed E-state index contributed by atoms with van der Waals surface area (Å²) in [5.41, 5.74) is 1.74. The number of benzene rings is 1. The summed E-state index contributed by atoms with van der Waals surface area (Å²) in [6, 6.07) is 7.51. The van der Waals surface area contributed by atoms with Crippen LogP contribution in [0.3, 0.4) is 0 Å². The van der Waals surface area contributed by atoms with Crippen molar-refractivity contribution in [2.45, 2.75) is 58.1 Å². The lowest BCUT2D eigenvalue weighted by Crippen LogP contribution is -2.43. The summed E-state index contributed by atoms with van der Waals surface area (Å²) < 4.78 is 5.45. The van der Waals surface area contributed by atoms with E-state index in [9.17, 15) is 9.90 Å². The molecule has 0 saturated heterocycles. The van der Waals surface area contributed by atoms with Gasteiger partial charge in [0.2, 0.25) is 0 Å². The predicted molar refractivity (Wildman–Crippen MR) is 96.0 cm³/mol. The van der Waals surface area contributed by atoms with Crippen molar-refractivity contribution >= 4 is 11.7 Å². The molecule has 0 bridgehead atoms. The number of carbonyl (C=O) groups excluding carboxylic acids is 1. The Kier molecular flexibility index (Phi) is 8.05. The lowest BCUT2D eigenvalue weighted by molar-refractivity contribution is 0.134. The number of aliphatic hydroxyl groups is 1. The van der Waals surface area contributed by atoms with Crippen molar-refractivity contribution in [1.29, 1.82) is 0 Å². The molecule has 2 rings (SSSR count). The van der Waals surface area contributed by atoms with Gasteiger partial charge in [-0.25, -0.2) is 4.79 Å². The van der Waals surface area contributed by atoms with E-state index < -0.39 is 0 Å². The van der Waals surface area contributed by atoms with Crippen LogP contribution in [0.2, 0.25) is 0 Å². The lowest BCUT2D eigenvalue weighted by atomic mass is 9.83. The Bertz CT molecular complexity index is 501. The monoisotopic (exact) mass is 334 g/mol. The first-order valence-corrected chi connectivity index (χ1v) is 9.08.